The van der Waals surface area contributed by atoms with E-state index in [9.17, 15) is 15.3 Å². The van der Waals surface area contributed by atoms with Crippen molar-refractivity contribution in [2.24, 2.45) is 52.3 Å². The number of fused-ring (bicyclic) bond motifs is 5. The molecule has 7 unspecified atom stereocenters. The first-order valence-corrected chi connectivity index (χ1v) is 13.4. The molecule has 0 bridgehead atoms. The van der Waals surface area contributed by atoms with Crippen molar-refractivity contribution in [3.63, 3.8) is 0 Å². The van der Waals surface area contributed by atoms with Crippen LogP contribution in [0.25, 0.3) is 0 Å². The molecule has 3 N–H and O–H groups in total. The Labute approximate surface area is 189 Å². The summed E-state index contributed by atoms with van der Waals surface area (Å²) in [7, 11) is 0. The molecule has 4 nitrogen and oxygen atoms in total. The van der Waals surface area contributed by atoms with Gasteiger partial charge in [0.15, 0.2) is 6.29 Å². The standard InChI is InChI=1S/C27H46O4/c1-5-17-21-14-16(28)10-12-27(21,4)20-11-13-26(3)18(7-8-19(26)23(20)24(17)29)15(2)6-9-22-25(30)31-22/h15-25,28-30H,5-14H2,1-4H3/t15-,16-,17-,18?,19?,20?,21?,22?,23?,24-,25?,26-,27-/m1/s1. The minimum absolute atomic E-state index is 0.0761. The average molecular weight is 435 g/mol. The Hall–Kier alpha value is -0.160. The maximum atomic E-state index is 11.8. The van der Waals surface area contributed by atoms with E-state index in [-0.39, 0.29) is 23.7 Å². The van der Waals surface area contributed by atoms with Gasteiger partial charge in [-0.05, 0) is 110 Å². The molecule has 4 heteroatoms. The van der Waals surface area contributed by atoms with Crippen LogP contribution in [0.15, 0.2) is 0 Å². The zero-order valence-electron chi connectivity index (χ0n) is 20.2. The van der Waals surface area contributed by atoms with Gasteiger partial charge in [-0.15, -0.1) is 0 Å². The summed E-state index contributed by atoms with van der Waals surface area (Å²) in [5.74, 6) is 3.88. The summed E-state index contributed by atoms with van der Waals surface area (Å²) in [4.78, 5) is 0. The van der Waals surface area contributed by atoms with Gasteiger partial charge in [-0.25, -0.2) is 0 Å². The molecule has 13 atom stereocenters. The van der Waals surface area contributed by atoms with E-state index in [1.54, 1.807) is 0 Å². The molecule has 0 spiro atoms. The normalized spacial score (nSPS) is 57.0. The second-order valence-corrected chi connectivity index (χ2v) is 12.7. The summed E-state index contributed by atoms with van der Waals surface area (Å²) >= 11 is 0. The fourth-order valence-electron chi connectivity index (χ4n) is 9.91. The van der Waals surface area contributed by atoms with Crippen molar-refractivity contribution in [3.05, 3.63) is 0 Å². The van der Waals surface area contributed by atoms with Crippen LogP contribution in [-0.4, -0.2) is 39.9 Å². The van der Waals surface area contributed by atoms with Crippen molar-refractivity contribution < 1.29 is 20.1 Å². The zero-order valence-corrected chi connectivity index (χ0v) is 20.2. The van der Waals surface area contributed by atoms with Crippen LogP contribution in [0.5, 0.6) is 0 Å². The highest BCUT2D eigenvalue weighted by atomic mass is 16.7. The Bertz CT molecular complexity index is 668. The number of hydrogen-bond acceptors (Lipinski definition) is 4. The van der Waals surface area contributed by atoms with Gasteiger partial charge in [0, 0.05) is 0 Å². The molecule has 5 fully saturated rings. The van der Waals surface area contributed by atoms with E-state index in [1.807, 2.05) is 0 Å². The van der Waals surface area contributed by atoms with Crippen molar-refractivity contribution in [3.8, 4) is 0 Å². The number of epoxide rings is 1. The predicted molar refractivity (Wildman–Crippen MR) is 121 cm³/mol. The van der Waals surface area contributed by atoms with Crippen molar-refractivity contribution in [1.29, 1.82) is 0 Å². The lowest BCUT2D eigenvalue weighted by Crippen LogP contribution is -2.62. The van der Waals surface area contributed by atoms with Crippen molar-refractivity contribution >= 4 is 0 Å². The molecule has 4 aliphatic carbocycles. The van der Waals surface area contributed by atoms with E-state index in [2.05, 4.69) is 27.7 Å². The van der Waals surface area contributed by atoms with E-state index in [4.69, 9.17) is 4.74 Å². The minimum atomic E-state index is -0.513. The third-order valence-electron chi connectivity index (χ3n) is 11.6. The number of aliphatic hydroxyl groups excluding tert-OH is 3. The monoisotopic (exact) mass is 434 g/mol. The molecule has 4 saturated carbocycles. The van der Waals surface area contributed by atoms with Gasteiger partial charge in [-0.1, -0.05) is 34.1 Å². The highest BCUT2D eigenvalue weighted by molar-refractivity contribution is 5.13. The first kappa shape index (κ1) is 22.6. The molecule has 0 radical (unpaired) electrons. The molecule has 1 aliphatic heterocycles. The van der Waals surface area contributed by atoms with Gasteiger partial charge in [0.1, 0.15) is 6.10 Å². The van der Waals surface area contributed by atoms with E-state index in [0.29, 0.717) is 40.9 Å². The van der Waals surface area contributed by atoms with Crippen molar-refractivity contribution in [1.82, 2.24) is 0 Å². The van der Waals surface area contributed by atoms with Crippen LogP contribution in [-0.2, 0) is 4.74 Å². The molecule has 1 heterocycles. The van der Waals surface area contributed by atoms with Gasteiger partial charge in [-0.3, -0.25) is 0 Å². The molecule has 0 aromatic heterocycles. The fraction of sp³-hybridized carbons (Fsp3) is 1.00. The summed E-state index contributed by atoms with van der Waals surface area (Å²) in [6, 6.07) is 0. The van der Waals surface area contributed by atoms with Crippen molar-refractivity contribution in [2.45, 2.75) is 117 Å². The molecule has 0 aromatic rings. The van der Waals surface area contributed by atoms with Gasteiger partial charge in [-0.2, -0.15) is 0 Å². The molecule has 5 rings (SSSR count). The molecular weight excluding hydrogens is 388 g/mol. The van der Waals surface area contributed by atoms with E-state index < -0.39 is 6.29 Å². The van der Waals surface area contributed by atoms with Crippen LogP contribution in [0.3, 0.4) is 0 Å². The molecule has 0 aromatic carbocycles. The lowest BCUT2D eigenvalue weighted by atomic mass is 9.41. The van der Waals surface area contributed by atoms with Gasteiger partial charge >= 0.3 is 0 Å². The summed E-state index contributed by atoms with van der Waals surface area (Å²) in [5.41, 5.74) is 0.620. The van der Waals surface area contributed by atoms with Crippen molar-refractivity contribution in [2.75, 3.05) is 0 Å². The Balaban J connectivity index is 1.38. The zero-order chi connectivity index (χ0) is 22.1. The topological polar surface area (TPSA) is 73.2 Å². The summed E-state index contributed by atoms with van der Waals surface area (Å²) in [6.45, 7) is 9.75. The van der Waals surface area contributed by atoms with Gasteiger partial charge < -0.3 is 20.1 Å². The second-order valence-electron chi connectivity index (χ2n) is 12.7. The maximum absolute atomic E-state index is 11.8. The van der Waals surface area contributed by atoms with Crippen LogP contribution in [0.4, 0.5) is 0 Å². The van der Waals surface area contributed by atoms with Crippen LogP contribution >= 0.6 is 0 Å². The quantitative estimate of drug-likeness (QED) is 0.546. The third-order valence-corrected chi connectivity index (χ3v) is 11.6. The maximum Gasteiger partial charge on any atom is 0.181 e. The van der Waals surface area contributed by atoms with E-state index >= 15 is 0 Å². The number of rotatable bonds is 5. The largest absolute Gasteiger partial charge is 0.393 e. The molecular formula is C27H46O4. The summed E-state index contributed by atoms with van der Waals surface area (Å²) in [5, 5.41) is 31.7. The lowest BCUT2D eigenvalue weighted by molar-refractivity contribution is -0.203. The van der Waals surface area contributed by atoms with Crippen LogP contribution in [0, 0.1) is 52.3 Å². The number of hydrogen-bond donors (Lipinski definition) is 3. The fourth-order valence-corrected chi connectivity index (χ4v) is 9.91. The Morgan fingerprint density at radius 3 is 2.29 bits per heavy atom. The average Bonchev–Trinajstić information content (AvgIpc) is 3.32. The smallest absolute Gasteiger partial charge is 0.181 e. The second kappa shape index (κ2) is 7.96. The van der Waals surface area contributed by atoms with Crippen LogP contribution in [0.2, 0.25) is 0 Å². The highest BCUT2D eigenvalue weighted by Crippen LogP contribution is 2.69. The summed E-state index contributed by atoms with van der Waals surface area (Å²) in [6.07, 6.45) is 10.4. The Kier molecular flexibility index (Phi) is 5.81. The van der Waals surface area contributed by atoms with Crippen LogP contribution < -0.4 is 0 Å². The Morgan fingerprint density at radius 2 is 1.61 bits per heavy atom. The third kappa shape index (κ3) is 3.45. The lowest BCUT2D eigenvalue weighted by Gasteiger charge is -2.64. The van der Waals surface area contributed by atoms with E-state index in [0.717, 1.165) is 44.4 Å². The molecule has 0 amide bonds. The van der Waals surface area contributed by atoms with Gasteiger partial charge in [0.2, 0.25) is 0 Å². The molecule has 1 saturated heterocycles. The van der Waals surface area contributed by atoms with Gasteiger partial charge in [0.05, 0.1) is 12.2 Å². The summed E-state index contributed by atoms with van der Waals surface area (Å²) < 4.78 is 5.24. The minimum Gasteiger partial charge on any atom is -0.393 e. The number of ether oxygens (including phenoxy) is 1. The predicted octanol–water partition coefficient (Wildman–Crippen LogP) is 4.75. The molecule has 178 valence electrons. The molecule has 5 aliphatic rings. The first-order valence-electron chi connectivity index (χ1n) is 13.4. The van der Waals surface area contributed by atoms with E-state index in [1.165, 1.54) is 25.7 Å². The SMILES string of the molecule is CC[C@@H]1C2C[C@H](O)CC[C@]2(C)C2CC[C@@]3(C)C(CCC3[C@H](C)CCC3OC3O)C2[C@@H]1O. The molecule has 31 heavy (non-hydrogen) atoms. The highest BCUT2D eigenvalue weighted by Gasteiger charge is 2.64. The number of aliphatic hydroxyl groups is 3. The van der Waals surface area contributed by atoms with Crippen LogP contribution in [0.1, 0.15) is 91.9 Å². The first-order chi connectivity index (χ1) is 14.7. The Morgan fingerprint density at radius 1 is 0.935 bits per heavy atom. The van der Waals surface area contributed by atoms with Gasteiger partial charge in [0.25, 0.3) is 0 Å².